The van der Waals surface area contributed by atoms with Gasteiger partial charge in [-0.2, -0.15) is 11.8 Å². The van der Waals surface area contributed by atoms with Crippen molar-refractivity contribution in [3.05, 3.63) is 47.8 Å². The summed E-state index contributed by atoms with van der Waals surface area (Å²) in [7, 11) is 0. The third-order valence-corrected chi connectivity index (χ3v) is 5.93. The van der Waals surface area contributed by atoms with E-state index in [1.165, 1.54) is 0 Å². The topological polar surface area (TPSA) is 76.6 Å². The number of nitrogens with one attached hydrogen (secondary N) is 1. The molecule has 2 aromatic heterocycles. The van der Waals surface area contributed by atoms with Crippen molar-refractivity contribution < 1.29 is 14.3 Å². The van der Waals surface area contributed by atoms with Crippen molar-refractivity contribution in [2.75, 3.05) is 42.7 Å². The number of aromatic nitrogens is 2. The maximum Gasteiger partial charge on any atom is 0.257 e. The molecule has 0 radical (unpaired) electrons. The fourth-order valence-electron chi connectivity index (χ4n) is 3.32. The molecule has 2 aromatic rings. The Hall–Kier alpha value is -2.32. The fraction of sp³-hybridized carbons (Fsp3) is 0.450. The molecule has 0 bridgehead atoms. The van der Waals surface area contributed by atoms with E-state index >= 15 is 0 Å². The summed E-state index contributed by atoms with van der Waals surface area (Å²) in [6.07, 6.45) is 4.55. The van der Waals surface area contributed by atoms with Gasteiger partial charge in [0.05, 0.1) is 13.2 Å². The number of nitrogens with zero attached hydrogens (tertiary/aromatic N) is 3. The smallest absolute Gasteiger partial charge is 0.257 e. The molecule has 148 valence electrons. The molecule has 2 fully saturated rings. The molecule has 4 rings (SSSR count). The Morgan fingerprint density at radius 2 is 2.07 bits per heavy atom. The summed E-state index contributed by atoms with van der Waals surface area (Å²) in [5, 5.41) is 3.00. The third-order valence-electron chi connectivity index (χ3n) is 4.80. The summed E-state index contributed by atoms with van der Waals surface area (Å²) in [4.78, 5) is 23.8. The fourth-order valence-corrected chi connectivity index (χ4v) is 4.41. The van der Waals surface area contributed by atoms with Crippen molar-refractivity contribution in [3.8, 4) is 5.88 Å². The highest BCUT2D eigenvalue weighted by atomic mass is 32.2. The number of ether oxygens (including phenoxy) is 2. The zero-order chi connectivity index (χ0) is 19.2. The summed E-state index contributed by atoms with van der Waals surface area (Å²) in [5.41, 5.74) is 1.45. The third kappa shape index (κ3) is 4.56. The van der Waals surface area contributed by atoms with E-state index in [-0.39, 0.29) is 12.0 Å². The van der Waals surface area contributed by atoms with Gasteiger partial charge in [0.15, 0.2) is 0 Å². The van der Waals surface area contributed by atoms with Crippen LogP contribution in [0.15, 0.2) is 36.7 Å². The van der Waals surface area contributed by atoms with Gasteiger partial charge in [-0.25, -0.2) is 9.97 Å². The van der Waals surface area contributed by atoms with E-state index in [1.54, 1.807) is 24.5 Å². The van der Waals surface area contributed by atoms with Crippen molar-refractivity contribution in [1.29, 1.82) is 0 Å². The number of morpholine rings is 1. The largest absolute Gasteiger partial charge is 0.473 e. The van der Waals surface area contributed by atoms with E-state index in [0.29, 0.717) is 31.2 Å². The number of hydrogen-bond donors (Lipinski definition) is 1. The van der Waals surface area contributed by atoms with Crippen LogP contribution in [0.3, 0.4) is 0 Å². The quantitative estimate of drug-likeness (QED) is 0.796. The SMILES string of the molecule is O=C(NCc1cccnc1N1CCOCC1)c1cccnc1O[C@@H]1CCSC1. The lowest BCUT2D eigenvalue weighted by Crippen LogP contribution is -2.37. The second-order valence-electron chi connectivity index (χ2n) is 6.73. The van der Waals surface area contributed by atoms with Crippen molar-refractivity contribution in [2.45, 2.75) is 19.1 Å². The van der Waals surface area contributed by atoms with Gasteiger partial charge in [-0.15, -0.1) is 0 Å². The molecular formula is C20H24N4O3S. The van der Waals surface area contributed by atoms with Gasteiger partial charge < -0.3 is 19.7 Å². The second kappa shape index (κ2) is 9.25. The predicted octanol–water partition coefficient (Wildman–Crippen LogP) is 2.13. The minimum absolute atomic E-state index is 0.123. The van der Waals surface area contributed by atoms with Crippen LogP contribution in [0.2, 0.25) is 0 Å². The Morgan fingerprint density at radius 1 is 1.25 bits per heavy atom. The molecule has 0 spiro atoms. The molecule has 4 heterocycles. The molecule has 2 aliphatic rings. The minimum Gasteiger partial charge on any atom is -0.473 e. The average molecular weight is 401 g/mol. The number of carbonyl (C=O) groups is 1. The van der Waals surface area contributed by atoms with Gasteiger partial charge in [0.25, 0.3) is 5.91 Å². The normalized spacial score (nSPS) is 19.4. The summed E-state index contributed by atoms with van der Waals surface area (Å²) in [6, 6.07) is 7.40. The highest BCUT2D eigenvalue weighted by molar-refractivity contribution is 7.99. The number of amides is 1. The van der Waals surface area contributed by atoms with Crippen LogP contribution in [0.25, 0.3) is 0 Å². The molecule has 0 aromatic carbocycles. The van der Waals surface area contributed by atoms with Gasteiger partial charge in [0, 0.05) is 43.3 Å². The number of rotatable bonds is 6. The standard InChI is InChI=1S/C20H24N4O3S/c25-19(17-4-2-7-22-20(17)27-16-5-12-28-14-16)23-13-15-3-1-6-21-18(15)24-8-10-26-11-9-24/h1-4,6-7,16H,5,8-14H2,(H,23,25)/t16-/m1/s1. The lowest BCUT2D eigenvalue weighted by atomic mass is 10.2. The first-order chi connectivity index (χ1) is 13.8. The first-order valence-electron chi connectivity index (χ1n) is 9.55. The molecule has 2 saturated heterocycles. The summed E-state index contributed by atoms with van der Waals surface area (Å²) in [5.74, 6) is 3.15. The van der Waals surface area contributed by atoms with E-state index in [0.717, 1.165) is 42.4 Å². The minimum atomic E-state index is -0.189. The Morgan fingerprint density at radius 3 is 2.89 bits per heavy atom. The van der Waals surface area contributed by atoms with Crippen LogP contribution < -0.4 is 15.0 Å². The second-order valence-corrected chi connectivity index (χ2v) is 7.88. The first kappa shape index (κ1) is 19.0. The van der Waals surface area contributed by atoms with E-state index in [1.807, 2.05) is 23.9 Å². The van der Waals surface area contributed by atoms with E-state index in [4.69, 9.17) is 9.47 Å². The van der Waals surface area contributed by atoms with Crippen LogP contribution in [0.5, 0.6) is 5.88 Å². The van der Waals surface area contributed by atoms with Crippen LogP contribution in [0.1, 0.15) is 22.3 Å². The Bertz CT molecular complexity index is 808. The van der Waals surface area contributed by atoms with E-state index < -0.39 is 0 Å². The molecule has 1 atom stereocenters. The van der Waals surface area contributed by atoms with Crippen LogP contribution in [0.4, 0.5) is 5.82 Å². The molecule has 0 saturated carbocycles. The monoisotopic (exact) mass is 400 g/mol. The number of anilines is 1. The van der Waals surface area contributed by atoms with Gasteiger partial charge in [-0.1, -0.05) is 6.07 Å². The molecule has 7 nitrogen and oxygen atoms in total. The predicted molar refractivity (Wildman–Crippen MR) is 109 cm³/mol. The molecule has 1 N–H and O–H groups in total. The first-order valence-corrected chi connectivity index (χ1v) is 10.7. The summed E-state index contributed by atoms with van der Waals surface area (Å²) < 4.78 is 11.4. The van der Waals surface area contributed by atoms with Gasteiger partial charge >= 0.3 is 0 Å². The van der Waals surface area contributed by atoms with Gasteiger partial charge in [0.2, 0.25) is 5.88 Å². The summed E-state index contributed by atoms with van der Waals surface area (Å²) in [6.45, 7) is 3.39. The number of hydrogen-bond acceptors (Lipinski definition) is 7. The zero-order valence-electron chi connectivity index (χ0n) is 15.7. The lowest BCUT2D eigenvalue weighted by Gasteiger charge is -2.29. The maximum atomic E-state index is 12.8. The van der Waals surface area contributed by atoms with Crippen molar-refractivity contribution in [3.63, 3.8) is 0 Å². The molecule has 0 unspecified atom stereocenters. The van der Waals surface area contributed by atoms with Crippen LogP contribution in [0, 0.1) is 0 Å². The van der Waals surface area contributed by atoms with Crippen molar-refractivity contribution in [2.24, 2.45) is 0 Å². The average Bonchev–Trinajstić information content (AvgIpc) is 3.26. The molecular weight excluding hydrogens is 376 g/mol. The Kier molecular flexibility index (Phi) is 6.28. The molecule has 1 amide bonds. The van der Waals surface area contributed by atoms with Crippen molar-refractivity contribution in [1.82, 2.24) is 15.3 Å². The number of carbonyl (C=O) groups excluding carboxylic acids is 1. The van der Waals surface area contributed by atoms with Gasteiger partial charge in [0.1, 0.15) is 17.5 Å². The van der Waals surface area contributed by atoms with E-state index in [9.17, 15) is 4.79 Å². The van der Waals surface area contributed by atoms with Gasteiger partial charge in [-0.3, -0.25) is 4.79 Å². The zero-order valence-corrected chi connectivity index (χ0v) is 16.5. The molecule has 8 heteroatoms. The molecule has 28 heavy (non-hydrogen) atoms. The number of pyridine rings is 2. The highest BCUT2D eigenvalue weighted by Gasteiger charge is 2.22. The van der Waals surface area contributed by atoms with Crippen LogP contribution >= 0.6 is 11.8 Å². The van der Waals surface area contributed by atoms with Crippen LogP contribution in [-0.4, -0.2) is 59.8 Å². The van der Waals surface area contributed by atoms with E-state index in [2.05, 4.69) is 20.2 Å². The maximum absolute atomic E-state index is 12.8. The molecule has 0 aliphatic carbocycles. The molecule has 2 aliphatic heterocycles. The van der Waals surface area contributed by atoms with Crippen molar-refractivity contribution >= 4 is 23.5 Å². The highest BCUT2D eigenvalue weighted by Crippen LogP contribution is 2.24. The Balaban J connectivity index is 1.44. The Labute approximate surface area is 168 Å². The van der Waals surface area contributed by atoms with Gasteiger partial charge in [-0.05, 0) is 30.4 Å². The van der Waals surface area contributed by atoms with Crippen LogP contribution in [-0.2, 0) is 11.3 Å². The lowest BCUT2D eigenvalue weighted by molar-refractivity contribution is 0.0943. The number of thioether (sulfide) groups is 1. The summed E-state index contributed by atoms with van der Waals surface area (Å²) >= 11 is 1.86.